The molecular formula is C69H134O17P2. The number of rotatable bonds is 68. The van der Waals surface area contributed by atoms with Crippen molar-refractivity contribution in [1.29, 1.82) is 0 Å². The molecule has 522 valence electrons. The molecule has 17 nitrogen and oxygen atoms in total. The lowest BCUT2D eigenvalue weighted by Gasteiger charge is -2.21. The Kier molecular flexibility index (Phi) is 59.9. The van der Waals surface area contributed by atoms with Crippen LogP contribution in [0.1, 0.15) is 350 Å². The SMILES string of the molecule is CCCCCCCCCCCCCCCCCCCCCCCC(=O)O[C@H](COC(=O)CCCCCCCCCCC(C)C)COP(=O)(O)OC[C@@H](O)COP(=O)(O)OC[C@@H](COC(=O)CCCCCCC)OC(=O)CCCCCCCCCCC(C)C. The van der Waals surface area contributed by atoms with Gasteiger partial charge < -0.3 is 33.8 Å². The number of aliphatic hydroxyl groups excluding tert-OH is 1. The van der Waals surface area contributed by atoms with Gasteiger partial charge in [-0.3, -0.25) is 37.3 Å². The van der Waals surface area contributed by atoms with E-state index in [9.17, 15) is 43.2 Å². The van der Waals surface area contributed by atoms with Gasteiger partial charge in [0.25, 0.3) is 0 Å². The van der Waals surface area contributed by atoms with Gasteiger partial charge in [0, 0.05) is 25.7 Å². The van der Waals surface area contributed by atoms with Crippen LogP contribution in [-0.2, 0) is 65.4 Å². The van der Waals surface area contributed by atoms with Crippen molar-refractivity contribution in [2.24, 2.45) is 11.8 Å². The number of carbonyl (C=O) groups excluding carboxylic acids is 4. The third-order valence-electron chi connectivity index (χ3n) is 16.0. The molecule has 3 N–H and O–H groups in total. The van der Waals surface area contributed by atoms with Crippen LogP contribution in [0.25, 0.3) is 0 Å². The molecule has 0 spiro atoms. The Labute approximate surface area is 537 Å². The maximum atomic E-state index is 13.0. The molecule has 0 fully saturated rings. The monoisotopic (exact) mass is 1300 g/mol. The molecule has 0 aliphatic rings. The second-order valence-electron chi connectivity index (χ2n) is 25.9. The summed E-state index contributed by atoms with van der Waals surface area (Å²) in [6.07, 6.45) is 46.5. The zero-order chi connectivity index (χ0) is 65.0. The largest absolute Gasteiger partial charge is 0.472 e. The lowest BCUT2D eigenvalue weighted by atomic mass is 10.0. The van der Waals surface area contributed by atoms with Crippen molar-refractivity contribution < 1.29 is 80.2 Å². The van der Waals surface area contributed by atoms with Gasteiger partial charge in [-0.15, -0.1) is 0 Å². The predicted octanol–water partition coefficient (Wildman–Crippen LogP) is 19.6. The summed E-state index contributed by atoms with van der Waals surface area (Å²) in [5.41, 5.74) is 0. The Bertz CT molecular complexity index is 1720. The molecule has 0 aliphatic carbocycles. The summed E-state index contributed by atoms with van der Waals surface area (Å²) in [5, 5.41) is 10.5. The van der Waals surface area contributed by atoms with Crippen molar-refractivity contribution in [2.45, 2.75) is 368 Å². The van der Waals surface area contributed by atoms with E-state index in [-0.39, 0.29) is 25.7 Å². The minimum atomic E-state index is -4.95. The van der Waals surface area contributed by atoms with Gasteiger partial charge in [-0.25, -0.2) is 9.13 Å². The van der Waals surface area contributed by atoms with Gasteiger partial charge in [0.2, 0.25) is 0 Å². The second-order valence-corrected chi connectivity index (χ2v) is 28.8. The average Bonchev–Trinajstić information content (AvgIpc) is 3.62. The van der Waals surface area contributed by atoms with Crippen molar-refractivity contribution in [3.05, 3.63) is 0 Å². The molecule has 0 aliphatic heterocycles. The Morgan fingerprint density at radius 2 is 0.523 bits per heavy atom. The molecule has 0 amide bonds. The van der Waals surface area contributed by atoms with E-state index >= 15 is 0 Å². The molecule has 0 aromatic rings. The molecule has 0 rings (SSSR count). The number of phosphoric ester groups is 2. The first kappa shape index (κ1) is 86.1. The highest BCUT2D eigenvalue weighted by Crippen LogP contribution is 2.45. The summed E-state index contributed by atoms with van der Waals surface area (Å²) in [5.74, 6) is -0.696. The molecule has 19 heteroatoms. The number of unbranched alkanes of at least 4 members (excludes halogenated alkanes) is 38. The molecule has 0 saturated carbocycles. The summed E-state index contributed by atoms with van der Waals surface area (Å²) in [6, 6.07) is 0. The quantitative estimate of drug-likeness (QED) is 0.0222. The summed E-state index contributed by atoms with van der Waals surface area (Å²) >= 11 is 0. The fourth-order valence-corrected chi connectivity index (χ4v) is 12.0. The first-order valence-corrected chi connectivity index (χ1v) is 39.0. The van der Waals surface area contributed by atoms with E-state index in [1.807, 2.05) is 0 Å². The highest BCUT2D eigenvalue weighted by molar-refractivity contribution is 7.47. The van der Waals surface area contributed by atoms with E-state index in [2.05, 4.69) is 41.5 Å². The third-order valence-corrected chi connectivity index (χ3v) is 17.9. The van der Waals surface area contributed by atoms with Crippen LogP contribution in [0.5, 0.6) is 0 Å². The number of phosphoric acid groups is 2. The zero-order valence-electron chi connectivity index (χ0n) is 57.0. The molecule has 0 radical (unpaired) electrons. The van der Waals surface area contributed by atoms with Gasteiger partial charge in [0.05, 0.1) is 26.4 Å². The smallest absolute Gasteiger partial charge is 0.462 e. The van der Waals surface area contributed by atoms with Crippen LogP contribution in [0.15, 0.2) is 0 Å². The van der Waals surface area contributed by atoms with Gasteiger partial charge in [-0.05, 0) is 37.5 Å². The lowest BCUT2D eigenvalue weighted by molar-refractivity contribution is -0.161. The van der Waals surface area contributed by atoms with Crippen molar-refractivity contribution in [3.8, 4) is 0 Å². The van der Waals surface area contributed by atoms with Crippen LogP contribution in [0.3, 0.4) is 0 Å². The molecule has 0 heterocycles. The van der Waals surface area contributed by atoms with Gasteiger partial charge in [-0.1, -0.05) is 298 Å². The van der Waals surface area contributed by atoms with Crippen LogP contribution in [-0.4, -0.2) is 96.7 Å². The molecule has 88 heavy (non-hydrogen) atoms. The Morgan fingerprint density at radius 3 is 0.773 bits per heavy atom. The van der Waals surface area contributed by atoms with Crippen molar-refractivity contribution in [3.63, 3.8) is 0 Å². The first-order valence-electron chi connectivity index (χ1n) is 36.0. The van der Waals surface area contributed by atoms with Gasteiger partial charge in [0.15, 0.2) is 12.2 Å². The zero-order valence-corrected chi connectivity index (χ0v) is 58.8. The number of carbonyl (C=O) groups is 4. The minimum Gasteiger partial charge on any atom is -0.462 e. The Morgan fingerprint density at radius 1 is 0.307 bits per heavy atom. The van der Waals surface area contributed by atoms with Gasteiger partial charge in [-0.2, -0.15) is 0 Å². The minimum absolute atomic E-state index is 0.103. The number of hydrogen-bond acceptors (Lipinski definition) is 15. The molecule has 5 atom stereocenters. The normalized spacial score (nSPS) is 14.2. The van der Waals surface area contributed by atoms with E-state index in [1.165, 1.54) is 161 Å². The maximum absolute atomic E-state index is 13.0. The van der Waals surface area contributed by atoms with E-state index in [0.717, 1.165) is 108 Å². The van der Waals surface area contributed by atoms with Crippen molar-refractivity contribution >= 4 is 39.5 Å². The molecule has 0 aromatic heterocycles. The van der Waals surface area contributed by atoms with E-state index in [1.54, 1.807) is 0 Å². The topological polar surface area (TPSA) is 237 Å². The highest BCUT2D eigenvalue weighted by atomic mass is 31.2. The van der Waals surface area contributed by atoms with Crippen LogP contribution in [0.2, 0.25) is 0 Å². The predicted molar refractivity (Wildman–Crippen MR) is 354 cm³/mol. The van der Waals surface area contributed by atoms with Crippen LogP contribution >= 0.6 is 15.6 Å². The summed E-state index contributed by atoms with van der Waals surface area (Å²) < 4.78 is 68.0. The molecular weight excluding hydrogens is 1160 g/mol. The van der Waals surface area contributed by atoms with Gasteiger partial charge >= 0.3 is 39.5 Å². The van der Waals surface area contributed by atoms with E-state index < -0.39 is 97.5 Å². The third kappa shape index (κ3) is 62.8. The molecule has 0 saturated heterocycles. The van der Waals surface area contributed by atoms with Crippen LogP contribution in [0, 0.1) is 11.8 Å². The average molecular weight is 1300 g/mol. The second kappa shape index (κ2) is 61.3. The molecule has 2 unspecified atom stereocenters. The fraction of sp³-hybridized carbons (Fsp3) is 0.942. The summed E-state index contributed by atoms with van der Waals surface area (Å²) in [6.45, 7) is 9.36. The first-order chi connectivity index (χ1) is 42.4. The summed E-state index contributed by atoms with van der Waals surface area (Å²) in [4.78, 5) is 72.1. The Hall–Kier alpha value is -1.94. The fourth-order valence-electron chi connectivity index (χ4n) is 10.4. The number of aliphatic hydroxyl groups is 1. The van der Waals surface area contributed by atoms with Gasteiger partial charge in [0.1, 0.15) is 19.3 Å². The molecule has 0 bridgehead atoms. The van der Waals surface area contributed by atoms with E-state index in [4.69, 9.17) is 37.0 Å². The highest BCUT2D eigenvalue weighted by Gasteiger charge is 2.30. The van der Waals surface area contributed by atoms with Crippen LogP contribution in [0.4, 0.5) is 0 Å². The van der Waals surface area contributed by atoms with Crippen LogP contribution < -0.4 is 0 Å². The lowest BCUT2D eigenvalue weighted by Crippen LogP contribution is -2.30. The molecule has 0 aromatic carbocycles. The van der Waals surface area contributed by atoms with E-state index in [0.29, 0.717) is 25.7 Å². The maximum Gasteiger partial charge on any atom is 0.472 e. The Balaban J connectivity index is 5.09. The van der Waals surface area contributed by atoms with Crippen molar-refractivity contribution in [2.75, 3.05) is 39.6 Å². The number of ether oxygens (including phenoxy) is 4. The number of esters is 4. The standard InChI is InChI=1S/C69H134O17P2/c1-7-9-11-13-14-15-16-17-18-19-20-21-22-23-24-25-26-27-35-41-47-53-68(73)86-65(58-80-67(72)52-46-40-34-30-28-32-38-43-49-61(3)4)60-84-88(77,78)82-56-63(70)55-81-87(75,76)83-59-64(57-79-66(71)51-45-37-12-10-8-2)85-69(74)54-48-42-36-31-29-33-39-44-50-62(5)6/h61-65,70H,7-60H2,1-6H3,(H,75,76)(H,77,78)/t63-,64+,65+/m0/s1. The summed E-state index contributed by atoms with van der Waals surface area (Å²) in [7, 11) is -9.89. The number of hydrogen-bond donors (Lipinski definition) is 3. The van der Waals surface area contributed by atoms with Crippen molar-refractivity contribution in [1.82, 2.24) is 0 Å².